The van der Waals surface area contributed by atoms with E-state index in [4.69, 9.17) is 10.9 Å². The Kier molecular flexibility index (Phi) is 5.01. The molecule has 1 unspecified atom stereocenters. The molecule has 0 saturated carbocycles. The Morgan fingerprint density at radius 2 is 1.89 bits per heavy atom. The van der Waals surface area contributed by atoms with Crippen molar-refractivity contribution < 1.29 is 9.00 Å². The fraction of sp³-hybridized carbons (Fsp3) is 0.417. The zero-order chi connectivity index (χ0) is 13.8. The number of hydrogen-bond donors (Lipinski definition) is 2. The Morgan fingerprint density at radius 3 is 2.39 bits per heavy atom. The summed E-state index contributed by atoms with van der Waals surface area (Å²) in [6, 6.07) is 7.55. The minimum atomic E-state index is -3.19. The summed E-state index contributed by atoms with van der Waals surface area (Å²) < 4.78 is 15.7. The van der Waals surface area contributed by atoms with Crippen molar-refractivity contribution in [2.24, 2.45) is 21.2 Å². The van der Waals surface area contributed by atoms with Crippen LogP contribution in [0.15, 0.2) is 39.6 Å². The summed E-state index contributed by atoms with van der Waals surface area (Å²) in [5.41, 5.74) is 5.68. The Bertz CT molecular complexity index is 519. The van der Waals surface area contributed by atoms with Gasteiger partial charge in [0.05, 0.1) is 10.9 Å². The molecule has 0 heterocycles. The molecule has 0 fully saturated rings. The van der Waals surface area contributed by atoms with Crippen LogP contribution in [0.2, 0.25) is 0 Å². The lowest BCUT2D eigenvalue weighted by atomic mass is 10.0. The summed E-state index contributed by atoms with van der Waals surface area (Å²) in [6.45, 7) is 3.90. The van der Waals surface area contributed by atoms with Gasteiger partial charge in [-0.2, -0.15) is 0 Å². The molecule has 6 heteroatoms. The third-order valence-electron chi connectivity index (χ3n) is 2.35. The molecule has 0 aliphatic heterocycles. The van der Waals surface area contributed by atoms with Gasteiger partial charge in [0, 0.05) is 0 Å². The molecule has 4 N–H and O–H groups in total. The minimum Gasteiger partial charge on any atom is -0.320 e. The van der Waals surface area contributed by atoms with Crippen LogP contribution < -0.4 is 10.9 Å². The lowest BCUT2D eigenvalue weighted by Crippen LogP contribution is -2.32. The number of nitrogens with two attached hydrogens (primary N) is 2. The molecular weight excluding hydrogens is 250 g/mol. The van der Waals surface area contributed by atoms with Crippen LogP contribution in [0.25, 0.3) is 0 Å². The third kappa shape index (κ3) is 4.21. The first-order chi connectivity index (χ1) is 8.33. The average Bonchev–Trinajstić information content (AvgIpc) is 2.28. The predicted octanol–water partition coefficient (Wildman–Crippen LogP) is 1.29. The fourth-order valence-electron chi connectivity index (χ4n) is 1.48. The normalized spacial score (nSPS) is 16.1. The van der Waals surface area contributed by atoms with Crippen LogP contribution in [0.4, 0.5) is 0 Å². The number of carbonyl (C=O) groups is 1. The Hall–Kier alpha value is -1.24. The van der Waals surface area contributed by atoms with Crippen LogP contribution in [0.5, 0.6) is 0 Å². The van der Waals surface area contributed by atoms with Crippen molar-refractivity contribution in [2.75, 3.05) is 0 Å². The lowest BCUT2D eigenvalue weighted by molar-refractivity contribution is -0.119. The average molecular weight is 269 g/mol. The van der Waals surface area contributed by atoms with Gasteiger partial charge in [-0.15, -0.1) is 4.36 Å². The molecule has 18 heavy (non-hydrogen) atoms. The Balaban J connectivity index is 2.95. The molecule has 1 aromatic rings. The molecular formula is C12H19N3O2S. The van der Waals surface area contributed by atoms with E-state index in [0.717, 1.165) is 0 Å². The van der Waals surface area contributed by atoms with Gasteiger partial charge < -0.3 is 5.73 Å². The number of hydrogen-bond acceptors (Lipinski definition) is 3. The molecule has 100 valence electrons. The van der Waals surface area contributed by atoms with E-state index >= 15 is 0 Å². The molecule has 1 amide bonds. The van der Waals surface area contributed by atoms with E-state index in [0.29, 0.717) is 11.3 Å². The Labute approximate surface area is 108 Å². The highest BCUT2D eigenvalue weighted by Crippen LogP contribution is 2.10. The molecule has 0 spiro atoms. The third-order valence-corrected chi connectivity index (χ3v) is 3.75. The highest BCUT2D eigenvalue weighted by Gasteiger charge is 2.17. The van der Waals surface area contributed by atoms with Crippen LogP contribution in [-0.4, -0.2) is 16.2 Å². The molecule has 0 aliphatic rings. The first kappa shape index (κ1) is 14.8. The molecule has 0 aliphatic carbocycles. The van der Waals surface area contributed by atoms with Crippen LogP contribution in [0.3, 0.4) is 0 Å². The van der Waals surface area contributed by atoms with Crippen molar-refractivity contribution in [3.05, 3.63) is 30.3 Å². The highest BCUT2D eigenvalue weighted by atomic mass is 32.2. The number of carbonyl (C=O) groups excluding carboxylic acids is 1. The molecule has 0 aromatic heterocycles. The smallest absolute Gasteiger partial charge is 0.271 e. The number of amides is 1. The van der Waals surface area contributed by atoms with Gasteiger partial charge in [0.2, 0.25) is 0 Å². The summed E-state index contributed by atoms with van der Waals surface area (Å²) >= 11 is 0. The zero-order valence-corrected chi connectivity index (χ0v) is 11.4. The van der Waals surface area contributed by atoms with Gasteiger partial charge in [-0.25, -0.2) is 9.35 Å². The van der Waals surface area contributed by atoms with E-state index in [-0.39, 0.29) is 5.92 Å². The number of benzene rings is 1. The molecule has 0 bridgehead atoms. The van der Waals surface area contributed by atoms with Crippen molar-refractivity contribution in [1.29, 1.82) is 0 Å². The molecule has 0 saturated heterocycles. The predicted molar refractivity (Wildman–Crippen MR) is 71.9 cm³/mol. The van der Waals surface area contributed by atoms with Gasteiger partial charge >= 0.3 is 0 Å². The molecule has 5 nitrogen and oxygen atoms in total. The van der Waals surface area contributed by atoms with Crippen LogP contribution in [0.1, 0.15) is 20.3 Å². The van der Waals surface area contributed by atoms with Crippen LogP contribution in [0, 0.1) is 5.92 Å². The standard InChI is InChI=1S/C12H19N3O2S/c1-9(2)8-11(13)12(16)15-18(14,17)10-6-4-3-5-7-10/h3-7,9,11H,8,13H2,1-2H3,(H2,14,15,16,17)/t11-,18?/m1/s1. The molecule has 1 aromatic carbocycles. The highest BCUT2D eigenvalue weighted by molar-refractivity contribution is 7.91. The molecule has 1 rings (SSSR count). The van der Waals surface area contributed by atoms with Crippen LogP contribution >= 0.6 is 0 Å². The maximum absolute atomic E-state index is 12.1. The number of nitrogens with zero attached hydrogens (tertiary/aromatic N) is 1. The van der Waals surface area contributed by atoms with E-state index in [1.54, 1.807) is 30.3 Å². The van der Waals surface area contributed by atoms with Gasteiger partial charge in [-0.3, -0.25) is 4.79 Å². The fourth-order valence-corrected chi connectivity index (χ4v) is 2.53. The van der Waals surface area contributed by atoms with Gasteiger partial charge in [0.1, 0.15) is 9.92 Å². The second kappa shape index (κ2) is 6.08. The minimum absolute atomic E-state index is 0.268. The topological polar surface area (TPSA) is 98.5 Å². The Morgan fingerprint density at radius 1 is 1.33 bits per heavy atom. The first-order valence-corrected chi connectivity index (χ1v) is 7.30. The van der Waals surface area contributed by atoms with Gasteiger partial charge in [0.15, 0.2) is 0 Å². The van der Waals surface area contributed by atoms with Crippen molar-refractivity contribution in [3.8, 4) is 0 Å². The van der Waals surface area contributed by atoms with Gasteiger partial charge in [0.25, 0.3) is 5.91 Å². The van der Waals surface area contributed by atoms with Crippen molar-refractivity contribution >= 4 is 15.8 Å². The van der Waals surface area contributed by atoms with Gasteiger partial charge in [-0.1, -0.05) is 32.0 Å². The molecule has 2 atom stereocenters. The quantitative estimate of drug-likeness (QED) is 0.861. The van der Waals surface area contributed by atoms with Crippen LogP contribution in [-0.2, 0) is 14.7 Å². The summed E-state index contributed by atoms with van der Waals surface area (Å²) in [5.74, 6) is -0.343. The second-order valence-electron chi connectivity index (χ2n) is 4.55. The first-order valence-electron chi connectivity index (χ1n) is 5.72. The van der Waals surface area contributed by atoms with Crippen molar-refractivity contribution in [1.82, 2.24) is 0 Å². The summed E-state index contributed by atoms with van der Waals surface area (Å²) in [6.07, 6.45) is 0.493. The number of rotatable bonds is 4. The van der Waals surface area contributed by atoms with E-state index in [2.05, 4.69) is 4.36 Å². The van der Waals surface area contributed by atoms with E-state index < -0.39 is 21.9 Å². The maximum Gasteiger partial charge on any atom is 0.271 e. The largest absolute Gasteiger partial charge is 0.320 e. The molecule has 0 radical (unpaired) electrons. The van der Waals surface area contributed by atoms with E-state index in [1.165, 1.54) is 0 Å². The van der Waals surface area contributed by atoms with E-state index in [9.17, 15) is 9.00 Å². The monoisotopic (exact) mass is 269 g/mol. The van der Waals surface area contributed by atoms with E-state index in [1.807, 2.05) is 13.8 Å². The van der Waals surface area contributed by atoms with Gasteiger partial charge in [-0.05, 0) is 24.5 Å². The summed E-state index contributed by atoms with van der Waals surface area (Å²) in [4.78, 5) is 12.0. The lowest BCUT2D eigenvalue weighted by Gasteiger charge is -2.11. The SMILES string of the molecule is CC(C)C[C@@H](N)C(=O)N=S(N)(=O)c1ccccc1. The zero-order valence-electron chi connectivity index (χ0n) is 10.6. The second-order valence-corrected chi connectivity index (χ2v) is 6.34. The van der Waals surface area contributed by atoms with Crippen molar-refractivity contribution in [3.63, 3.8) is 0 Å². The maximum atomic E-state index is 12.1. The summed E-state index contributed by atoms with van der Waals surface area (Å²) in [5, 5.41) is 5.59. The summed E-state index contributed by atoms with van der Waals surface area (Å²) in [7, 11) is -3.19. The van der Waals surface area contributed by atoms with Crippen molar-refractivity contribution in [2.45, 2.75) is 31.2 Å².